The lowest BCUT2D eigenvalue weighted by Crippen LogP contribution is -2.32. The maximum absolute atomic E-state index is 11.6. The van der Waals surface area contributed by atoms with E-state index in [1.807, 2.05) is 20.8 Å². The van der Waals surface area contributed by atoms with E-state index in [-0.39, 0.29) is 11.4 Å². The summed E-state index contributed by atoms with van der Waals surface area (Å²) >= 11 is 6.34. The summed E-state index contributed by atoms with van der Waals surface area (Å²) in [5, 5.41) is 0.785. The molecule has 0 amide bonds. The lowest BCUT2D eigenvalue weighted by molar-refractivity contribution is -0.137. The molecule has 1 heterocycles. The second-order valence-electron chi connectivity index (χ2n) is 5.43. The van der Waals surface area contributed by atoms with E-state index in [9.17, 15) is 4.79 Å². The number of hydrogen-bond donors (Lipinski definition) is 0. The van der Waals surface area contributed by atoms with Gasteiger partial charge in [-0.3, -0.25) is 4.79 Å². The van der Waals surface area contributed by atoms with E-state index < -0.39 is 0 Å². The first-order valence-corrected chi connectivity index (χ1v) is 6.14. The van der Waals surface area contributed by atoms with E-state index in [0.717, 1.165) is 27.3 Å². The number of hydrogen-bond acceptors (Lipinski definition) is 2. The van der Waals surface area contributed by atoms with Crippen molar-refractivity contribution in [2.45, 2.75) is 46.5 Å². The number of rotatable bonds is 0. The minimum absolute atomic E-state index is 0.160. The molecule has 0 saturated carbocycles. The van der Waals surface area contributed by atoms with Crippen LogP contribution in [0, 0.1) is 20.8 Å². The Bertz CT molecular complexity index is 516. The van der Waals surface area contributed by atoms with Crippen LogP contribution in [0.15, 0.2) is 0 Å². The summed E-state index contributed by atoms with van der Waals surface area (Å²) in [6.07, 6.45) is 0.402. The Morgan fingerprint density at radius 1 is 1.12 bits per heavy atom. The van der Waals surface area contributed by atoms with Crippen LogP contribution < -0.4 is 4.74 Å². The third-order valence-corrected chi connectivity index (χ3v) is 4.21. The first-order valence-electron chi connectivity index (χ1n) is 5.76. The Morgan fingerprint density at radius 3 is 2.29 bits per heavy atom. The van der Waals surface area contributed by atoms with Gasteiger partial charge in [0, 0.05) is 16.0 Å². The van der Waals surface area contributed by atoms with Crippen LogP contribution in [0.4, 0.5) is 0 Å². The van der Waals surface area contributed by atoms with Crippen LogP contribution in [-0.2, 0) is 10.2 Å². The molecule has 1 aromatic rings. The minimum Gasteiger partial charge on any atom is -0.426 e. The second-order valence-corrected chi connectivity index (χ2v) is 5.81. The molecule has 0 N–H and O–H groups in total. The molecule has 0 unspecified atom stereocenters. The van der Waals surface area contributed by atoms with E-state index in [2.05, 4.69) is 13.8 Å². The van der Waals surface area contributed by atoms with E-state index in [1.165, 1.54) is 0 Å². The summed E-state index contributed by atoms with van der Waals surface area (Å²) in [6.45, 7) is 10.0. The number of carbonyl (C=O) groups is 1. The van der Waals surface area contributed by atoms with Crippen molar-refractivity contribution < 1.29 is 9.53 Å². The molecule has 0 bridgehead atoms. The summed E-state index contributed by atoms with van der Waals surface area (Å²) in [4.78, 5) is 11.6. The highest BCUT2D eigenvalue weighted by Crippen LogP contribution is 2.46. The van der Waals surface area contributed by atoms with Crippen LogP contribution in [0.2, 0.25) is 5.02 Å². The van der Waals surface area contributed by atoms with Crippen molar-refractivity contribution in [1.29, 1.82) is 0 Å². The predicted octanol–water partition coefficient (Wildman–Crippen LogP) is 3.85. The molecule has 0 aromatic heterocycles. The number of carbonyl (C=O) groups excluding carboxylic acids is 1. The Labute approximate surface area is 107 Å². The number of halogens is 1. The SMILES string of the molecule is Cc1c(C)c2c(c(C)c1Cl)C(C)(C)CC(=O)O2. The van der Waals surface area contributed by atoms with Crippen molar-refractivity contribution in [3.63, 3.8) is 0 Å². The Hall–Kier alpha value is -1.02. The molecule has 92 valence electrons. The van der Waals surface area contributed by atoms with Crippen LogP contribution in [0.1, 0.15) is 42.5 Å². The standard InChI is InChI=1S/C14H17ClO2/c1-7-8(2)13-11(9(3)12(7)15)14(4,5)6-10(16)17-13/h6H2,1-5H3. The average molecular weight is 253 g/mol. The van der Waals surface area contributed by atoms with E-state index in [4.69, 9.17) is 16.3 Å². The molecule has 0 aliphatic carbocycles. The second kappa shape index (κ2) is 3.74. The quantitative estimate of drug-likeness (QED) is 0.518. The molecule has 0 spiro atoms. The van der Waals surface area contributed by atoms with Crippen LogP contribution in [0.3, 0.4) is 0 Å². The van der Waals surface area contributed by atoms with Crippen molar-refractivity contribution in [3.8, 4) is 5.75 Å². The average Bonchev–Trinajstić information content (AvgIpc) is 2.21. The Morgan fingerprint density at radius 2 is 1.71 bits per heavy atom. The van der Waals surface area contributed by atoms with E-state index in [0.29, 0.717) is 12.2 Å². The van der Waals surface area contributed by atoms with Gasteiger partial charge in [0.1, 0.15) is 5.75 Å². The fourth-order valence-corrected chi connectivity index (χ4v) is 2.86. The van der Waals surface area contributed by atoms with Crippen molar-refractivity contribution in [3.05, 3.63) is 27.3 Å². The number of ether oxygens (including phenoxy) is 1. The first kappa shape index (κ1) is 12.4. The Balaban J connectivity index is 2.84. The van der Waals surface area contributed by atoms with Gasteiger partial charge in [-0.25, -0.2) is 0 Å². The third-order valence-electron chi connectivity index (χ3n) is 3.64. The molecule has 3 heteroatoms. The summed E-state index contributed by atoms with van der Waals surface area (Å²) in [5.74, 6) is 0.553. The molecule has 17 heavy (non-hydrogen) atoms. The Kier molecular flexibility index (Phi) is 2.74. The first-order chi connectivity index (χ1) is 7.75. The maximum atomic E-state index is 11.6. The lowest BCUT2D eigenvalue weighted by atomic mass is 9.76. The highest BCUT2D eigenvalue weighted by atomic mass is 35.5. The predicted molar refractivity (Wildman–Crippen MR) is 68.9 cm³/mol. The van der Waals surface area contributed by atoms with E-state index in [1.54, 1.807) is 0 Å². The monoisotopic (exact) mass is 252 g/mol. The smallest absolute Gasteiger partial charge is 0.312 e. The number of esters is 1. The third kappa shape index (κ3) is 1.75. The van der Waals surface area contributed by atoms with E-state index >= 15 is 0 Å². The molecule has 2 nitrogen and oxygen atoms in total. The van der Waals surface area contributed by atoms with Crippen LogP contribution in [-0.4, -0.2) is 5.97 Å². The van der Waals surface area contributed by atoms with Gasteiger partial charge in [-0.15, -0.1) is 0 Å². The summed E-state index contributed by atoms with van der Waals surface area (Å²) < 4.78 is 5.42. The summed E-state index contributed by atoms with van der Waals surface area (Å²) in [6, 6.07) is 0. The normalized spacial score (nSPS) is 17.6. The van der Waals surface area contributed by atoms with Crippen molar-refractivity contribution in [1.82, 2.24) is 0 Å². The van der Waals surface area contributed by atoms with Gasteiger partial charge in [0.25, 0.3) is 0 Å². The zero-order chi connectivity index (χ0) is 13.0. The zero-order valence-corrected chi connectivity index (χ0v) is 11.7. The van der Waals surface area contributed by atoms with Crippen LogP contribution in [0.5, 0.6) is 5.75 Å². The molecule has 0 saturated heterocycles. The molecule has 0 atom stereocenters. The van der Waals surface area contributed by atoms with Crippen molar-refractivity contribution in [2.24, 2.45) is 0 Å². The van der Waals surface area contributed by atoms with Crippen LogP contribution >= 0.6 is 11.6 Å². The summed E-state index contributed by atoms with van der Waals surface area (Å²) in [7, 11) is 0. The molecule has 2 rings (SSSR count). The van der Waals surface area contributed by atoms with Gasteiger partial charge in [0.2, 0.25) is 0 Å². The molecule has 1 aliphatic heterocycles. The van der Waals surface area contributed by atoms with Crippen LogP contribution in [0.25, 0.3) is 0 Å². The number of benzene rings is 1. The maximum Gasteiger partial charge on any atom is 0.312 e. The van der Waals surface area contributed by atoms with Crippen molar-refractivity contribution >= 4 is 17.6 Å². The van der Waals surface area contributed by atoms with Gasteiger partial charge in [0.15, 0.2) is 0 Å². The molecule has 0 radical (unpaired) electrons. The van der Waals surface area contributed by atoms with Gasteiger partial charge >= 0.3 is 5.97 Å². The highest BCUT2D eigenvalue weighted by molar-refractivity contribution is 6.32. The molecular weight excluding hydrogens is 236 g/mol. The van der Waals surface area contributed by atoms with Gasteiger partial charge in [-0.2, -0.15) is 0 Å². The van der Waals surface area contributed by atoms with Gasteiger partial charge in [-0.05, 0) is 37.5 Å². The van der Waals surface area contributed by atoms with Gasteiger partial charge in [0.05, 0.1) is 6.42 Å². The largest absolute Gasteiger partial charge is 0.426 e. The fraction of sp³-hybridized carbons (Fsp3) is 0.500. The van der Waals surface area contributed by atoms with Gasteiger partial charge in [-0.1, -0.05) is 25.4 Å². The molecule has 1 aromatic carbocycles. The fourth-order valence-electron chi connectivity index (χ4n) is 2.63. The van der Waals surface area contributed by atoms with Gasteiger partial charge < -0.3 is 4.74 Å². The molecular formula is C14H17ClO2. The zero-order valence-electron chi connectivity index (χ0n) is 10.9. The molecule has 0 fully saturated rings. The molecule has 1 aliphatic rings. The summed E-state index contributed by atoms with van der Waals surface area (Å²) in [5.41, 5.74) is 3.86. The highest BCUT2D eigenvalue weighted by Gasteiger charge is 2.37. The number of fused-ring (bicyclic) bond motifs is 1. The lowest BCUT2D eigenvalue weighted by Gasteiger charge is -2.34. The van der Waals surface area contributed by atoms with Crippen molar-refractivity contribution in [2.75, 3.05) is 0 Å². The topological polar surface area (TPSA) is 26.3 Å². The minimum atomic E-state index is -0.211.